The zero-order valence-corrected chi connectivity index (χ0v) is 7.35. The highest BCUT2D eigenvalue weighted by Crippen LogP contribution is 2.35. The molecule has 0 radical (unpaired) electrons. The predicted molar refractivity (Wildman–Crippen MR) is 45.9 cm³/mol. The van der Waals surface area contributed by atoms with Crippen LogP contribution in [0.1, 0.15) is 40.0 Å². The Morgan fingerprint density at radius 2 is 2.20 bits per heavy atom. The van der Waals surface area contributed by atoms with Gasteiger partial charge in [0.25, 0.3) is 0 Å². The van der Waals surface area contributed by atoms with E-state index in [0.717, 1.165) is 11.8 Å². The molecule has 2 atom stereocenters. The van der Waals surface area contributed by atoms with Crippen LogP contribution in [0.2, 0.25) is 0 Å². The Morgan fingerprint density at radius 3 is 2.60 bits per heavy atom. The fourth-order valence-corrected chi connectivity index (χ4v) is 1.79. The maximum Gasteiger partial charge on any atom is -0.0206 e. The molecule has 0 aromatic carbocycles. The van der Waals surface area contributed by atoms with Gasteiger partial charge in [0.05, 0.1) is 0 Å². The molecule has 10 heavy (non-hydrogen) atoms. The van der Waals surface area contributed by atoms with Crippen molar-refractivity contribution in [2.75, 3.05) is 0 Å². The lowest BCUT2D eigenvalue weighted by atomic mass is 9.97. The fraction of sp³-hybridized carbons (Fsp3) is 0.800. The van der Waals surface area contributed by atoms with Gasteiger partial charge in [0.15, 0.2) is 0 Å². The van der Waals surface area contributed by atoms with Crippen LogP contribution in [0.4, 0.5) is 0 Å². The second kappa shape index (κ2) is 3.23. The lowest BCUT2D eigenvalue weighted by molar-refractivity contribution is 0.493. The summed E-state index contributed by atoms with van der Waals surface area (Å²) >= 11 is 0. The van der Waals surface area contributed by atoms with Crippen molar-refractivity contribution >= 4 is 0 Å². The van der Waals surface area contributed by atoms with Crippen molar-refractivity contribution < 1.29 is 0 Å². The Labute approximate surface area is 64.3 Å². The molecule has 0 nitrogen and oxygen atoms in total. The number of hydrogen-bond acceptors (Lipinski definition) is 0. The lowest BCUT2D eigenvalue weighted by Gasteiger charge is -2.09. The molecule has 1 aliphatic rings. The van der Waals surface area contributed by atoms with Gasteiger partial charge in [0.1, 0.15) is 0 Å². The van der Waals surface area contributed by atoms with Gasteiger partial charge in [0, 0.05) is 0 Å². The molecule has 0 N–H and O–H groups in total. The molecule has 58 valence electrons. The van der Waals surface area contributed by atoms with Crippen molar-refractivity contribution in [2.24, 2.45) is 11.8 Å². The Kier molecular flexibility index (Phi) is 2.53. The van der Waals surface area contributed by atoms with Crippen molar-refractivity contribution in [1.29, 1.82) is 0 Å². The first kappa shape index (κ1) is 7.84. The molecule has 0 aromatic rings. The van der Waals surface area contributed by atoms with E-state index < -0.39 is 0 Å². The number of allylic oxidation sites excluding steroid dienone is 2. The highest BCUT2D eigenvalue weighted by atomic mass is 14.3. The van der Waals surface area contributed by atoms with E-state index >= 15 is 0 Å². The molecule has 1 aliphatic carbocycles. The average Bonchev–Trinajstić information content (AvgIpc) is 2.20. The molecule has 1 rings (SSSR count). The summed E-state index contributed by atoms with van der Waals surface area (Å²) in [4.78, 5) is 0. The molecule has 0 aromatic heterocycles. The van der Waals surface area contributed by atoms with Crippen LogP contribution in [-0.2, 0) is 0 Å². The van der Waals surface area contributed by atoms with E-state index in [9.17, 15) is 0 Å². The van der Waals surface area contributed by atoms with Crippen molar-refractivity contribution in [3.8, 4) is 0 Å². The quantitative estimate of drug-likeness (QED) is 0.487. The van der Waals surface area contributed by atoms with Crippen LogP contribution in [0.15, 0.2) is 11.6 Å². The second-order valence-corrected chi connectivity index (χ2v) is 3.49. The van der Waals surface area contributed by atoms with E-state index in [1.165, 1.54) is 19.3 Å². The van der Waals surface area contributed by atoms with Gasteiger partial charge in [0.2, 0.25) is 0 Å². The van der Waals surface area contributed by atoms with Crippen LogP contribution in [0, 0.1) is 11.8 Å². The third kappa shape index (κ3) is 1.42. The van der Waals surface area contributed by atoms with Gasteiger partial charge in [-0.2, -0.15) is 0 Å². The third-order valence-electron chi connectivity index (χ3n) is 2.79. The van der Waals surface area contributed by atoms with Gasteiger partial charge >= 0.3 is 0 Å². The summed E-state index contributed by atoms with van der Waals surface area (Å²) in [6.07, 6.45) is 6.39. The van der Waals surface area contributed by atoms with Crippen molar-refractivity contribution in [1.82, 2.24) is 0 Å². The largest absolute Gasteiger partial charge is 0.0853 e. The Bertz CT molecular complexity index is 133. The maximum absolute atomic E-state index is 2.41. The molecule has 0 heteroatoms. The van der Waals surface area contributed by atoms with E-state index in [1.807, 2.05) is 0 Å². The first-order chi connectivity index (χ1) is 4.75. The highest BCUT2D eigenvalue weighted by molar-refractivity contribution is 5.11. The molecular formula is C10H18. The molecule has 1 fully saturated rings. The summed E-state index contributed by atoms with van der Waals surface area (Å²) in [6.45, 7) is 6.95. The minimum Gasteiger partial charge on any atom is -0.0853 e. The third-order valence-corrected chi connectivity index (χ3v) is 2.79. The van der Waals surface area contributed by atoms with Crippen LogP contribution in [0.3, 0.4) is 0 Å². The standard InChI is InChI=1S/C10H18/c1-4-5-10-7-6-8(2)9(10)3/h5,8-9H,4,6-7H2,1-3H3/b10-5+/t8?,9-/m0/s1. The topological polar surface area (TPSA) is 0 Å². The van der Waals surface area contributed by atoms with Gasteiger partial charge in [-0.3, -0.25) is 0 Å². The first-order valence-electron chi connectivity index (χ1n) is 4.44. The van der Waals surface area contributed by atoms with E-state index in [0.29, 0.717) is 0 Å². The zero-order chi connectivity index (χ0) is 7.56. The lowest BCUT2D eigenvalue weighted by Crippen LogP contribution is -1.99. The summed E-state index contributed by atoms with van der Waals surface area (Å²) in [5, 5.41) is 0. The van der Waals surface area contributed by atoms with E-state index in [2.05, 4.69) is 26.8 Å². The van der Waals surface area contributed by atoms with Gasteiger partial charge in [-0.25, -0.2) is 0 Å². The molecule has 0 bridgehead atoms. The van der Waals surface area contributed by atoms with E-state index in [1.54, 1.807) is 5.57 Å². The van der Waals surface area contributed by atoms with Crippen LogP contribution in [-0.4, -0.2) is 0 Å². The smallest absolute Gasteiger partial charge is 0.0206 e. The first-order valence-corrected chi connectivity index (χ1v) is 4.44. The fourth-order valence-electron chi connectivity index (χ4n) is 1.79. The van der Waals surface area contributed by atoms with Gasteiger partial charge in [-0.15, -0.1) is 0 Å². The maximum atomic E-state index is 2.41. The number of rotatable bonds is 1. The molecule has 0 heterocycles. The summed E-state index contributed by atoms with van der Waals surface area (Å²) < 4.78 is 0. The Morgan fingerprint density at radius 1 is 1.50 bits per heavy atom. The van der Waals surface area contributed by atoms with Crippen LogP contribution >= 0.6 is 0 Å². The SMILES string of the molecule is CC/C=C1\CCC(C)[C@@H]1C. The van der Waals surface area contributed by atoms with Crippen LogP contribution in [0.25, 0.3) is 0 Å². The summed E-state index contributed by atoms with van der Waals surface area (Å²) in [5.41, 5.74) is 1.70. The van der Waals surface area contributed by atoms with Gasteiger partial charge in [-0.1, -0.05) is 32.4 Å². The van der Waals surface area contributed by atoms with Crippen LogP contribution < -0.4 is 0 Å². The van der Waals surface area contributed by atoms with Gasteiger partial charge < -0.3 is 0 Å². The van der Waals surface area contributed by atoms with Crippen molar-refractivity contribution in [3.05, 3.63) is 11.6 Å². The second-order valence-electron chi connectivity index (χ2n) is 3.49. The number of hydrogen-bond donors (Lipinski definition) is 0. The summed E-state index contributed by atoms with van der Waals surface area (Å²) in [7, 11) is 0. The Hall–Kier alpha value is -0.260. The zero-order valence-electron chi connectivity index (χ0n) is 7.35. The molecule has 1 saturated carbocycles. The normalized spacial score (nSPS) is 37.3. The molecule has 0 aliphatic heterocycles. The van der Waals surface area contributed by atoms with Gasteiger partial charge in [-0.05, 0) is 31.1 Å². The van der Waals surface area contributed by atoms with E-state index in [-0.39, 0.29) is 0 Å². The predicted octanol–water partition coefficient (Wildman–Crippen LogP) is 3.39. The average molecular weight is 138 g/mol. The molecule has 0 amide bonds. The monoisotopic (exact) mass is 138 g/mol. The minimum atomic E-state index is 0.861. The van der Waals surface area contributed by atoms with E-state index in [4.69, 9.17) is 0 Å². The highest BCUT2D eigenvalue weighted by Gasteiger charge is 2.22. The molecule has 1 unspecified atom stereocenters. The molecular weight excluding hydrogens is 120 g/mol. The molecule has 0 spiro atoms. The summed E-state index contributed by atoms with van der Waals surface area (Å²) in [6, 6.07) is 0. The molecule has 0 saturated heterocycles. The minimum absolute atomic E-state index is 0.861. The van der Waals surface area contributed by atoms with Crippen molar-refractivity contribution in [2.45, 2.75) is 40.0 Å². The summed E-state index contributed by atoms with van der Waals surface area (Å²) in [5.74, 6) is 1.79. The van der Waals surface area contributed by atoms with Crippen LogP contribution in [0.5, 0.6) is 0 Å². The Balaban J connectivity index is 2.57. The van der Waals surface area contributed by atoms with Crippen molar-refractivity contribution in [3.63, 3.8) is 0 Å².